The molecule has 0 fully saturated rings. The molecule has 0 radical (unpaired) electrons. The number of carbonyl (C=O) groups is 1. The summed E-state index contributed by atoms with van der Waals surface area (Å²) in [6.07, 6.45) is 1.57. The Morgan fingerprint density at radius 3 is 2.54 bits per heavy atom. The number of hydrogen-bond donors (Lipinski definition) is 1. The van der Waals surface area contributed by atoms with Gasteiger partial charge in [-0.15, -0.1) is 0 Å². The Kier molecular flexibility index (Phi) is 4.91. The number of rotatable bonds is 5. The first-order chi connectivity index (χ1) is 11.7. The predicted octanol–water partition coefficient (Wildman–Crippen LogP) is 4.65. The summed E-state index contributed by atoms with van der Waals surface area (Å²) in [5.41, 5.74) is 1.41. The van der Waals surface area contributed by atoms with Crippen molar-refractivity contribution in [3.05, 3.63) is 90.1 Å². The Balaban J connectivity index is 1.76. The van der Waals surface area contributed by atoms with E-state index in [9.17, 15) is 9.18 Å². The van der Waals surface area contributed by atoms with E-state index < -0.39 is 5.82 Å². The average molecular weight is 324 g/mol. The summed E-state index contributed by atoms with van der Waals surface area (Å²) in [6, 6.07) is 18.8. The SMILES string of the molecule is O=C(Nc1cccc(F)c1)N(Cc1ccccc1)Cc1ccco1. The molecule has 5 heteroatoms. The van der Waals surface area contributed by atoms with Crippen molar-refractivity contribution in [2.45, 2.75) is 13.1 Å². The summed E-state index contributed by atoms with van der Waals surface area (Å²) in [5.74, 6) is 0.286. The maximum Gasteiger partial charge on any atom is 0.322 e. The highest BCUT2D eigenvalue weighted by atomic mass is 19.1. The van der Waals surface area contributed by atoms with Gasteiger partial charge in [-0.25, -0.2) is 9.18 Å². The Morgan fingerprint density at radius 1 is 1.00 bits per heavy atom. The number of benzene rings is 2. The Bertz CT molecular complexity index is 788. The molecular weight excluding hydrogens is 307 g/mol. The third-order valence-corrected chi connectivity index (χ3v) is 3.51. The molecule has 2 aromatic carbocycles. The smallest absolute Gasteiger partial charge is 0.322 e. The number of halogens is 1. The van der Waals surface area contributed by atoms with E-state index in [1.54, 1.807) is 29.4 Å². The van der Waals surface area contributed by atoms with Crippen molar-refractivity contribution in [1.82, 2.24) is 4.90 Å². The molecule has 24 heavy (non-hydrogen) atoms. The first-order valence-electron chi connectivity index (χ1n) is 7.58. The molecule has 122 valence electrons. The van der Waals surface area contributed by atoms with Crippen LogP contribution in [0.1, 0.15) is 11.3 Å². The van der Waals surface area contributed by atoms with E-state index in [-0.39, 0.29) is 6.03 Å². The second kappa shape index (κ2) is 7.46. The van der Waals surface area contributed by atoms with Crippen molar-refractivity contribution in [1.29, 1.82) is 0 Å². The first kappa shape index (κ1) is 15.8. The van der Waals surface area contributed by atoms with E-state index in [0.29, 0.717) is 24.5 Å². The fraction of sp³-hybridized carbons (Fsp3) is 0.105. The molecule has 2 amide bonds. The Morgan fingerprint density at radius 2 is 1.83 bits per heavy atom. The van der Waals surface area contributed by atoms with Gasteiger partial charge in [0, 0.05) is 12.2 Å². The van der Waals surface area contributed by atoms with Crippen LogP contribution in [0.2, 0.25) is 0 Å². The second-order valence-corrected chi connectivity index (χ2v) is 5.36. The zero-order valence-electron chi connectivity index (χ0n) is 13.0. The topological polar surface area (TPSA) is 45.5 Å². The summed E-state index contributed by atoms with van der Waals surface area (Å²) < 4.78 is 18.6. The number of furan rings is 1. The Labute approximate surface area is 139 Å². The van der Waals surface area contributed by atoms with Crippen LogP contribution in [0.25, 0.3) is 0 Å². The minimum absolute atomic E-state index is 0.319. The molecule has 3 rings (SSSR count). The van der Waals surface area contributed by atoms with Gasteiger partial charge in [-0.05, 0) is 35.9 Å². The minimum Gasteiger partial charge on any atom is -0.467 e. The van der Waals surface area contributed by atoms with Gasteiger partial charge >= 0.3 is 6.03 Å². The third-order valence-electron chi connectivity index (χ3n) is 3.51. The van der Waals surface area contributed by atoms with Crippen LogP contribution in [-0.4, -0.2) is 10.9 Å². The van der Waals surface area contributed by atoms with Crippen LogP contribution < -0.4 is 5.32 Å². The lowest BCUT2D eigenvalue weighted by molar-refractivity contribution is 0.201. The quantitative estimate of drug-likeness (QED) is 0.742. The highest BCUT2D eigenvalue weighted by Gasteiger charge is 2.16. The molecule has 0 spiro atoms. The standard InChI is InChI=1S/C19H17FN2O2/c20-16-8-4-9-17(12-16)21-19(23)22(14-18-10-5-11-24-18)13-15-6-2-1-3-7-15/h1-12H,13-14H2,(H,21,23). The van der Waals surface area contributed by atoms with Gasteiger partial charge in [0.25, 0.3) is 0 Å². The first-order valence-corrected chi connectivity index (χ1v) is 7.58. The van der Waals surface area contributed by atoms with Gasteiger partial charge in [-0.3, -0.25) is 0 Å². The lowest BCUT2D eigenvalue weighted by Crippen LogP contribution is -2.34. The van der Waals surface area contributed by atoms with Gasteiger partial charge in [-0.2, -0.15) is 0 Å². The molecule has 0 aliphatic heterocycles. The molecule has 3 aromatic rings. The highest BCUT2D eigenvalue weighted by Crippen LogP contribution is 2.14. The number of amides is 2. The normalized spacial score (nSPS) is 10.4. The fourth-order valence-electron chi connectivity index (χ4n) is 2.36. The summed E-state index contributed by atoms with van der Waals surface area (Å²) >= 11 is 0. The molecule has 0 aliphatic carbocycles. The Hall–Kier alpha value is -3.08. The van der Waals surface area contributed by atoms with Gasteiger partial charge in [0.2, 0.25) is 0 Å². The second-order valence-electron chi connectivity index (χ2n) is 5.36. The molecule has 0 unspecified atom stereocenters. The van der Waals surface area contributed by atoms with E-state index in [1.807, 2.05) is 36.4 Å². The van der Waals surface area contributed by atoms with E-state index in [1.165, 1.54) is 12.1 Å². The summed E-state index contributed by atoms with van der Waals surface area (Å²) in [4.78, 5) is 14.2. The average Bonchev–Trinajstić information content (AvgIpc) is 3.08. The van der Waals surface area contributed by atoms with Gasteiger partial charge in [0.15, 0.2) is 0 Å². The number of anilines is 1. The molecule has 4 nitrogen and oxygen atoms in total. The molecule has 1 heterocycles. The van der Waals surface area contributed by atoms with Crippen LogP contribution in [0.3, 0.4) is 0 Å². The molecule has 0 bridgehead atoms. The van der Waals surface area contributed by atoms with Crippen molar-refractivity contribution >= 4 is 11.7 Å². The number of hydrogen-bond acceptors (Lipinski definition) is 2. The van der Waals surface area contributed by atoms with Crippen LogP contribution in [0.4, 0.5) is 14.9 Å². The largest absolute Gasteiger partial charge is 0.467 e. The third kappa shape index (κ3) is 4.23. The van der Waals surface area contributed by atoms with E-state index >= 15 is 0 Å². The van der Waals surface area contributed by atoms with Crippen molar-refractivity contribution < 1.29 is 13.6 Å². The zero-order chi connectivity index (χ0) is 16.8. The zero-order valence-corrected chi connectivity index (χ0v) is 13.0. The number of urea groups is 1. The van der Waals surface area contributed by atoms with Crippen LogP contribution in [0.15, 0.2) is 77.4 Å². The monoisotopic (exact) mass is 324 g/mol. The van der Waals surface area contributed by atoms with E-state index in [0.717, 1.165) is 5.56 Å². The lowest BCUT2D eigenvalue weighted by atomic mass is 10.2. The molecule has 0 saturated heterocycles. The van der Waals surface area contributed by atoms with Crippen molar-refractivity contribution in [3.63, 3.8) is 0 Å². The van der Waals surface area contributed by atoms with Gasteiger partial charge in [0.05, 0.1) is 12.8 Å². The van der Waals surface area contributed by atoms with Gasteiger partial charge < -0.3 is 14.6 Å². The highest BCUT2D eigenvalue weighted by molar-refractivity contribution is 5.89. The van der Waals surface area contributed by atoms with E-state index in [2.05, 4.69) is 5.32 Å². The number of nitrogens with one attached hydrogen (secondary N) is 1. The molecule has 1 aromatic heterocycles. The van der Waals surface area contributed by atoms with Crippen LogP contribution >= 0.6 is 0 Å². The van der Waals surface area contributed by atoms with Crippen LogP contribution in [0.5, 0.6) is 0 Å². The minimum atomic E-state index is -0.395. The van der Waals surface area contributed by atoms with Crippen molar-refractivity contribution in [3.8, 4) is 0 Å². The molecule has 0 aliphatic rings. The fourth-order valence-corrected chi connectivity index (χ4v) is 2.36. The molecule has 1 N–H and O–H groups in total. The van der Waals surface area contributed by atoms with Crippen molar-refractivity contribution in [2.24, 2.45) is 0 Å². The summed E-state index contributed by atoms with van der Waals surface area (Å²) in [6.45, 7) is 0.742. The molecular formula is C19H17FN2O2. The summed E-state index contributed by atoms with van der Waals surface area (Å²) in [5, 5.41) is 2.72. The van der Waals surface area contributed by atoms with Gasteiger partial charge in [-0.1, -0.05) is 36.4 Å². The van der Waals surface area contributed by atoms with Crippen molar-refractivity contribution in [2.75, 3.05) is 5.32 Å². The number of carbonyl (C=O) groups excluding carboxylic acids is 1. The predicted molar refractivity (Wildman–Crippen MR) is 89.8 cm³/mol. The number of nitrogens with zero attached hydrogens (tertiary/aromatic N) is 1. The maximum absolute atomic E-state index is 13.3. The van der Waals surface area contributed by atoms with Crippen LogP contribution in [0, 0.1) is 5.82 Å². The van der Waals surface area contributed by atoms with Crippen LogP contribution in [-0.2, 0) is 13.1 Å². The summed E-state index contributed by atoms with van der Waals surface area (Å²) in [7, 11) is 0. The maximum atomic E-state index is 13.3. The van der Waals surface area contributed by atoms with E-state index in [4.69, 9.17) is 4.42 Å². The molecule has 0 atom stereocenters. The lowest BCUT2D eigenvalue weighted by Gasteiger charge is -2.22. The molecule has 0 saturated carbocycles. The van der Waals surface area contributed by atoms with Gasteiger partial charge in [0.1, 0.15) is 11.6 Å².